The lowest BCUT2D eigenvalue weighted by atomic mass is 10.2. The SMILES string of the molecule is O=C([O-])C[C@@H]([NH2+]C[C@@H](O)Cn1c2ccccc2c2ccccc21)C(=O)[O-]. The van der Waals surface area contributed by atoms with Crippen LogP contribution in [-0.4, -0.2) is 40.3 Å². The van der Waals surface area contributed by atoms with E-state index in [0.717, 1.165) is 21.8 Å². The molecule has 2 atom stereocenters. The topological polar surface area (TPSA) is 122 Å². The predicted molar refractivity (Wildman–Crippen MR) is 90.7 cm³/mol. The van der Waals surface area contributed by atoms with Crippen LogP contribution in [0.1, 0.15) is 6.42 Å². The minimum absolute atomic E-state index is 0.0345. The molecular weight excluding hydrogens is 336 g/mol. The van der Waals surface area contributed by atoms with E-state index in [4.69, 9.17) is 0 Å². The Labute approximate surface area is 149 Å². The number of quaternary nitrogens is 1. The Morgan fingerprint density at radius 3 is 2.04 bits per heavy atom. The Bertz CT molecular complexity index is 896. The maximum Gasteiger partial charge on any atom is 0.131 e. The first kappa shape index (κ1) is 17.9. The van der Waals surface area contributed by atoms with Crippen molar-refractivity contribution in [3.8, 4) is 0 Å². The lowest BCUT2D eigenvalue weighted by molar-refractivity contribution is -0.688. The Balaban J connectivity index is 1.79. The van der Waals surface area contributed by atoms with Crippen molar-refractivity contribution in [2.75, 3.05) is 6.54 Å². The second kappa shape index (κ2) is 7.55. The third-order valence-corrected chi connectivity index (χ3v) is 4.46. The number of aliphatic carboxylic acids is 2. The summed E-state index contributed by atoms with van der Waals surface area (Å²) in [5, 5.41) is 35.4. The number of nitrogens with two attached hydrogens (primary N) is 1. The number of aliphatic hydroxyl groups excluding tert-OH is 1. The molecule has 3 aromatic rings. The molecule has 0 spiro atoms. The van der Waals surface area contributed by atoms with Gasteiger partial charge in [-0.15, -0.1) is 0 Å². The van der Waals surface area contributed by atoms with Crippen LogP contribution in [-0.2, 0) is 16.1 Å². The number of carboxylic acid groups (broad SMARTS) is 2. The fourth-order valence-corrected chi connectivity index (χ4v) is 3.25. The quantitative estimate of drug-likeness (QED) is 0.483. The van der Waals surface area contributed by atoms with Gasteiger partial charge in [0.25, 0.3) is 0 Å². The van der Waals surface area contributed by atoms with Crippen molar-refractivity contribution >= 4 is 33.7 Å². The number of fused-ring (bicyclic) bond motifs is 3. The number of aliphatic hydroxyl groups is 1. The van der Waals surface area contributed by atoms with Crippen molar-refractivity contribution in [1.29, 1.82) is 0 Å². The molecule has 0 amide bonds. The summed E-state index contributed by atoms with van der Waals surface area (Å²) in [6.07, 6.45) is -1.53. The maximum atomic E-state index is 11.0. The van der Waals surface area contributed by atoms with E-state index in [1.54, 1.807) is 0 Å². The van der Waals surface area contributed by atoms with Crippen molar-refractivity contribution in [1.82, 2.24) is 4.57 Å². The Hall–Kier alpha value is -2.90. The van der Waals surface area contributed by atoms with Crippen molar-refractivity contribution in [2.45, 2.75) is 25.1 Å². The number of benzene rings is 2. The van der Waals surface area contributed by atoms with Gasteiger partial charge in [-0.2, -0.15) is 0 Å². The Morgan fingerprint density at radius 1 is 1.00 bits per heavy atom. The van der Waals surface area contributed by atoms with Gasteiger partial charge in [0.2, 0.25) is 0 Å². The van der Waals surface area contributed by atoms with Gasteiger partial charge in [0.1, 0.15) is 18.7 Å². The molecule has 3 N–H and O–H groups in total. The number of hydrogen-bond acceptors (Lipinski definition) is 5. The summed E-state index contributed by atoms with van der Waals surface area (Å²) in [6, 6.07) is 14.4. The van der Waals surface area contributed by atoms with Gasteiger partial charge in [0, 0.05) is 34.2 Å². The largest absolute Gasteiger partial charge is 0.550 e. The summed E-state index contributed by atoms with van der Waals surface area (Å²) < 4.78 is 1.98. The van der Waals surface area contributed by atoms with E-state index >= 15 is 0 Å². The highest BCUT2D eigenvalue weighted by atomic mass is 16.4. The molecule has 0 radical (unpaired) electrons. The molecule has 26 heavy (non-hydrogen) atoms. The normalized spacial score (nSPS) is 13.7. The second-order valence-electron chi connectivity index (χ2n) is 6.27. The first-order chi connectivity index (χ1) is 12.5. The van der Waals surface area contributed by atoms with Crippen LogP contribution >= 0.6 is 0 Å². The summed E-state index contributed by atoms with van der Waals surface area (Å²) in [4.78, 5) is 21.6. The smallest absolute Gasteiger partial charge is 0.131 e. The zero-order chi connectivity index (χ0) is 18.7. The van der Waals surface area contributed by atoms with E-state index in [1.165, 1.54) is 5.32 Å². The summed E-state index contributed by atoms with van der Waals surface area (Å²) in [5.41, 5.74) is 1.94. The number of carbonyl (C=O) groups is 2. The van der Waals surface area contributed by atoms with Gasteiger partial charge in [-0.05, 0) is 12.1 Å². The molecule has 2 aromatic carbocycles. The van der Waals surface area contributed by atoms with Gasteiger partial charge in [-0.25, -0.2) is 0 Å². The number of para-hydroxylation sites is 2. The zero-order valence-corrected chi connectivity index (χ0v) is 14.0. The molecule has 1 aromatic heterocycles. The highest BCUT2D eigenvalue weighted by Gasteiger charge is 2.18. The fourth-order valence-electron chi connectivity index (χ4n) is 3.25. The standard InChI is InChI=1S/C19H20N2O5/c22-12(10-20-15(19(25)26)9-18(23)24)11-21-16-7-3-1-5-13(16)14-6-2-4-8-17(14)21/h1-8,12,15,20,22H,9-11H2,(H,23,24)(H,25,26)/p-1/t12-,15-/m1/s1. The number of aromatic nitrogens is 1. The van der Waals surface area contributed by atoms with Crippen LogP contribution in [0.4, 0.5) is 0 Å². The lowest BCUT2D eigenvalue weighted by Gasteiger charge is -2.19. The maximum absolute atomic E-state index is 11.0. The molecule has 0 bridgehead atoms. The van der Waals surface area contributed by atoms with Crippen LogP contribution in [0.25, 0.3) is 21.8 Å². The van der Waals surface area contributed by atoms with Gasteiger partial charge < -0.3 is 34.8 Å². The molecule has 0 aliphatic heterocycles. The molecule has 7 heteroatoms. The number of rotatable bonds is 8. The first-order valence-electron chi connectivity index (χ1n) is 8.35. The molecule has 0 saturated carbocycles. The van der Waals surface area contributed by atoms with Crippen LogP contribution in [0, 0.1) is 0 Å². The summed E-state index contributed by atoms with van der Waals surface area (Å²) in [7, 11) is 0. The number of carboxylic acids is 2. The van der Waals surface area contributed by atoms with Crippen molar-refractivity contribution in [3.63, 3.8) is 0 Å². The van der Waals surface area contributed by atoms with Gasteiger partial charge in [-0.3, -0.25) is 0 Å². The number of nitrogens with zero attached hydrogens (tertiary/aromatic N) is 1. The molecular formula is C19H19N2O5-. The molecule has 0 unspecified atom stereocenters. The van der Waals surface area contributed by atoms with E-state index in [-0.39, 0.29) is 13.1 Å². The van der Waals surface area contributed by atoms with Crippen molar-refractivity contribution in [2.24, 2.45) is 0 Å². The molecule has 0 aliphatic carbocycles. The van der Waals surface area contributed by atoms with Crippen LogP contribution in [0.2, 0.25) is 0 Å². The highest BCUT2D eigenvalue weighted by molar-refractivity contribution is 6.07. The van der Waals surface area contributed by atoms with Gasteiger partial charge >= 0.3 is 0 Å². The highest BCUT2D eigenvalue weighted by Crippen LogP contribution is 2.28. The summed E-state index contributed by atoms with van der Waals surface area (Å²) in [6.45, 7) is 0.294. The second-order valence-corrected chi connectivity index (χ2v) is 6.27. The van der Waals surface area contributed by atoms with Gasteiger partial charge in [0.15, 0.2) is 0 Å². The summed E-state index contributed by atoms with van der Waals surface area (Å²) >= 11 is 0. The minimum Gasteiger partial charge on any atom is -0.550 e. The summed E-state index contributed by atoms with van der Waals surface area (Å²) in [5.74, 6) is -2.95. The first-order valence-corrected chi connectivity index (χ1v) is 8.35. The molecule has 7 nitrogen and oxygen atoms in total. The number of hydrogen-bond donors (Lipinski definition) is 2. The van der Waals surface area contributed by atoms with Gasteiger partial charge in [0.05, 0.1) is 12.5 Å². The Morgan fingerprint density at radius 2 is 1.54 bits per heavy atom. The Kier molecular flexibility index (Phi) is 5.20. The monoisotopic (exact) mass is 355 g/mol. The molecule has 0 saturated heterocycles. The predicted octanol–water partition coefficient (Wildman–Crippen LogP) is -2.02. The molecule has 3 rings (SSSR count). The molecule has 136 valence electrons. The van der Waals surface area contributed by atoms with Gasteiger partial charge in [-0.1, -0.05) is 36.4 Å². The number of carbonyl (C=O) groups excluding carboxylic acids is 2. The fraction of sp³-hybridized carbons (Fsp3) is 0.263. The average Bonchev–Trinajstić information content (AvgIpc) is 2.93. The van der Waals surface area contributed by atoms with E-state index in [9.17, 15) is 24.9 Å². The minimum atomic E-state index is -1.49. The molecule has 0 fully saturated rings. The van der Waals surface area contributed by atoms with Crippen LogP contribution < -0.4 is 15.5 Å². The average molecular weight is 355 g/mol. The van der Waals surface area contributed by atoms with Crippen LogP contribution in [0.3, 0.4) is 0 Å². The zero-order valence-electron chi connectivity index (χ0n) is 14.0. The van der Waals surface area contributed by atoms with E-state index < -0.39 is 30.5 Å². The van der Waals surface area contributed by atoms with Crippen LogP contribution in [0.5, 0.6) is 0 Å². The van der Waals surface area contributed by atoms with E-state index in [0.29, 0.717) is 0 Å². The third-order valence-electron chi connectivity index (χ3n) is 4.46. The van der Waals surface area contributed by atoms with E-state index in [1.807, 2.05) is 53.1 Å². The van der Waals surface area contributed by atoms with Crippen LogP contribution in [0.15, 0.2) is 48.5 Å². The third kappa shape index (κ3) is 3.68. The lowest BCUT2D eigenvalue weighted by Crippen LogP contribution is -2.95. The van der Waals surface area contributed by atoms with Crippen molar-refractivity contribution < 1.29 is 30.2 Å². The molecule has 1 heterocycles. The molecule has 0 aliphatic rings. The van der Waals surface area contributed by atoms with Crippen molar-refractivity contribution in [3.05, 3.63) is 48.5 Å². The van der Waals surface area contributed by atoms with E-state index in [2.05, 4.69) is 0 Å².